The molecule has 1 atom stereocenters. The molecule has 1 unspecified atom stereocenters. The minimum atomic E-state index is -0.537. The Morgan fingerprint density at radius 3 is 2.42 bits per heavy atom. The topological polar surface area (TPSA) is 38.3 Å². The molecule has 0 heterocycles. The Labute approximate surface area is 160 Å². The fourth-order valence-electron chi connectivity index (χ4n) is 3.63. The summed E-state index contributed by atoms with van der Waals surface area (Å²) >= 11 is 6.43. The third-order valence-corrected chi connectivity index (χ3v) is 5.64. The Morgan fingerprint density at radius 1 is 1.15 bits per heavy atom. The maximum atomic E-state index is 13.2. The van der Waals surface area contributed by atoms with E-state index in [2.05, 4.69) is 12.2 Å². The number of hydrogen-bond acceptors (Lipinski definition) is 2. The van der Waals surface area contributed by atoms with Crippen molar-refractivity contribution in [1.82, 2.24) is 0 Å². The second-order valence-corrected chi connectivity index (χ2v) is 7.49. The van der Waals surface area contributed by atoms with Gasteiger partial charge in [0, 0.05) is 10.7 Å². The van der Waals surface area contributed by atoms with Crippen LogP contribution in [0, 0.1) is 0 Å². The minimum absolute atomic E-state index is 0.0266. The van der Waals surface area contributed by atoms with Crippen LogP contribution in [0.15, 0.2) is 48.5 Å². The van der Waals surface area contributed by atoms with Gasteiger partial charge in [-0.1, -0.05) is 49.6 Å². The van der Waals surface area contributed by atoms with Gasteiger partial charge in [-0.25, -0.2) is 0 Å². The van der Waals surface area contributed by atoms with Crippen LogP contribution in [-0.2, 0) is 10.2 Å². The first kappa shape index (κ1) is 18.8. The molecule has 0 aliphatic heterocycles. The first-order valence-corrected chi connectivity index (χ1v) is 9.76. The highest BCUT2D eigenvalue weighted by Gasteiger charge is 2.43. The Morgan fingerprint density at radius 2 is 1.81 bits per heavy atom. The molecule has 1 aliphatic rings. The van der Waals surface area contributed by atoms with Gasteiger partial charge in [-0.15, -0.1) is 0 Å². The van der Waals surface area contributed by atoms with Crippen LogP contribution in [0.3, 0.4) is 0 Å². The zero-order chi connectivity index (χ0) is 18.6. The summed E-state index contributed by atoms with van der Waals surface area (Å²) in [6.07, 6.45) is 4.88. The van der Waals surface area contributed by atoms with Gasteiger partial charge in [-0.05, 0) is 62.1 Å². The van der Waals surface area contributed by atoms with E-state index in [4.69, 9.17) is 16.3 Å². The molecule has 2 aromatic rings. The number of halogens is 1. The van der Waals surface area contributed by atoms with Crippen LogP contribution in [0.5, 0.6) is 5.75 Å². The highest BCUT2D eigenvalue weighted by molar-refractivity contribution is 6.31. The molecule has 2 aromatic carbocycles. The lowest BCUT2D eigenvalue weighted by atomic mass is 9.78. The lowest BCUT2D eigenvalue weighted by Crippen LogP contribution is -2.38. The maximum Gasteiger partial charge on any atom is 0.235 e. The molecule has 1 fully saturated rings. The van der Waals surface area contributed by atoms with Crippen molar-refractivity contribution in [1.29, 1.82) is 0 Å². The van der Waals surface area contributed by atoms with E-state index < -0.39 is 5.41 Å². The molecule has 0 aromatic heterocycles. The molecule has 1 N–H and O–H groups in total. The summed E-state index contributed by atoms with van der Waals surface area (Å²) in [5.74, 6) is 0.845. The van der Waals surface area contributed by atoms with E-state index in [9.17, 15) is 4.79 Å². The molecule has 0 spiro atoms. The van der Waals surface area contributed by atoms with Gasteiger partial charge in [0.05, 0.1) is 11.5 Å². The molecule has 0 bridgehead atoms. The Hall–Kier alpha value is -2.00. The van der Waals surface area contributed by atoms with Gasteiger partial charge in [0.2, 0.25) is 5.91 Å². The summed E-state index contributed by atoms with van der Waals surface area (Å²) in [4.78, 5) is 13.2. The number of carbonyl (C=O) groups excluding carboxylic acids is 1. The average Bonchev–Trinajstić information content (AvgIpc) is 3.14. The molecule has 3 nitrogen and oxygen atoms in total. The summed E-state index contributed by atoms with van der Waals surface area (Å²) in [6.45, 7) is 4.14. The van der Waals surface area contributed by atoms with Crippen molar-refractivity contribution in [3.8, 4) is 5.75 Å². The van der Waals surface area contributed by atoms with E-state index in [1.807, 2.05) is 55.5 Å². The number of rotatable bonds is 6. The summed E-state index contributed by atoms with van der Waals surface area (Å²) in [6, 6.07) is 15.3. The van der Waals surface area contributed by atoms with E-state index in [1.165, 1.54) is 0 Å². The number of carbonyl (C=O) groups is 1. The predicted molar refractivity (Wildman–Crippen MR) is 107 cm³/mol. The van der Waals surface area contributed by atoms with Gasteiger partial charge in [0.25, 0.3) is 0 Å². The van der Waals surface area contributed by atoms with Gasteiger partial charge >= 0.3 is 0 Å². The normalized spacial score (nSPS) is 16.9. The second kappa shape index (κ2) is 8.13. The molecule has 138 valence electrons. The molecule has 0 saturated heterocycles. The zero-order valence-corrected chi connectivity index (χ0v) is 16.2. The van der Waals surface area contributed by atoms with E-state index in [0.717, 1.165) is 49.1 Å². The van der Waals surface area contributed by atoms with E-state index in [-0.39, 0.29) is 12.0 Å². The van der Waals surface area contributed by atoms with Crippen molar-refractivity contribution in [2.75, 3.05) is 5.32 Å². The van der Waals surface area contributed by atoms with E-state index in [1.54, 1.807) is 0 Å². The number of hydrogen-bond donors (Lipinski definition) is 1. The van der Waals surface area contributed by atoms with E-state index in [0.29, 0.717) is 5.02 Å². The Kier molecular flexibility index (Phi) is 5.87. The number of amides is 1. The number of ether oxygens (including phenoxy) is 1. The van der Waals surface area contributed by atoms with Crippen molar-refractivity contribution in [3.05, 3.63) is 59.1 Å². The van der Waals surface area contributed by atoms with Crippen LogP contribution in [-0.4, -0.2) is 12.0 Å². The molecule has 1 aliphatic carbocycles. The van der Waals surface area contributed by atoms with Crippen molar-refractivity contribution < 1.29 is 9.53 Å². The predicted octanol–water partition coefficient (Wildman–Crippen LogP) is 5.97. The lowest BCUT2D eigenvalue weighted by molar-refractivity contribution is -0.121. The average molecular weight is 372 g/mol. The fraction of sp³-hybridized carbons (Fsp3) is 0.409. The standard InChI is InChI=1S/C22H26ClNO2/c1-3-16(2)26-18-12-10-17(11-13-18)24-21(25)22(14-6-7-15-22)19-8-4-5-9-20(19)23/h4-5,8-13,16H,3,6-7,14-15H2,1-2H3,(H,24,25). The van der Waals surface area contributed by atoms with Crippen LogP contribution in [0.4, 0.5) is 5.69 Å². The first-order valence-electron chi connectivity index (χ1n) is 9.38. The van der Waals surface area contributed by atoms with Crippen LogP contribution in [0.2, 0.25) is 5.02 Å². The van der Waals surface area contributed by atoms with Crippen molar-refractivity contribution >= 4 is 23.2 Å². The third-order valence-electron chi connectivity index (χ3n) is 5.31. The summed E-state index contributed by atoms with van der Waals surface area (Å²) < 4.78 is 5.80. The first-order chi connectivity index (χ1) is 12.5. The summed E-state index contributed by atoms with van der Waals surface area (Å²) in [5, 5.41) is 3.76. The number of benzene rings is 2. The largest absolute Gasteiger partial charge is 0.491 e. The highest BCUT2D eigenvalue weighted by Crippen LogP contribution is 2.44. The fourth-order valence-corrected chi connectivity index (χ4v) is 3.95. The molecular formula is C22H26ClNO2. The molecule has 26 heavy (non-hydrogen) atoms. The Bertz CT molecular complexity index is 751. The monoisotopic (exact) mass is 371 g/mol. The molecular weight excluding hydrogens is 346 g/mol. The SMILES string of the molecule is CCC(C)Oc1ccc(NC(=O)C2(c3ccccc3Cl)CCCC2)cc1. The lowest BCUT2D eigenvalue weighted by Gasteiger charge is -2.29. The van der Waals surface area contributed by atoms with Crippen LogP contribution < -0.4 is 10.1 Å². The van der Waals surface area contributed by atoms with Crippen LogP contribution >= 0.6 is 11.6 Å². The van der Waals surface area contributed by atoms with Gasteiger partial charge in [-0.3, -0.25) is 4.79 Å². The zero-order valence-electron chi connectivity index (χ0n) is 15.4. The molecule has 3 rings (SSSR count). The van der Waals surface area contributed by atoms with Crippen molar-refractivity contribution in [3.63, 3.8) is 0 Å². The van der Waals surface area contributed by atoms with Crippen LogP contribution in [0.25, 0.3) is 0 Å². The third kappa shape index (κ3) is 3.88. The van der Waals surface area contributed by atoms with Crippen LogP contribution in [0.1, 0.15) is 51.5 Å². The van der Waals surface area contributed by atoms with Crippen molar-refractivity contribution in [2.24, 2.45) is 0 Å². The molecule has 0 radical (unpaired) electrons. The summed E-state index contributed by atoms with van der Waals surface area (Å²) in [5.41, 5.74) is 1.18. The minimum Gasteiger partial charge on any atom is -0.491 e. The molecule has 1 amide bonds. The Balaban J connectivity index is 1.78. The van der Waals surface area contributed by atoms with Gasteiger partial charge in [-0.2, -0.15) is 0 Å². The number of nitrogens with one attached hydrogen (secondary N) is 1. The van der Waals surface area contributed by atoms with Gasteiger partial charge in [0.15, 0.2) is 0 Å². The van der Waals surface area contributed by atoms with E-state index >= 15 is 0 Å². The quantitative estimate of drug-likeness (QED) is 0.679. The number of anilines is 1. The van der Waals surface area contributed by atoms with Crippen molar-refractivity contribution in [2.45, 2.75) is 57.5 Å². The smallest absolute Gasteiger partial charge is 0.235 e. The van der Waals surface area contributed by atoms with Gasteiger partial charge < -0.3 is 10.1 Å². The second-order valence-electron chi connectivity index (χ2n) is 7.08. The molecule has 4 heteroatoms. The highest BCUT2D eigenvalue weighted by atomic mass is 35.5. The summed E-state index contributed by atoms with van der Waals surface area (Å²) in [7, 11) is 0. The molecule has 1 saturated carbocycles. The maximum absolute atomic E-state index is 13.2. The van der Waals surface area contributed by atoms with Gasteiger partial charge in [0.1, 0.15) is 5.75 Å².